The second-order valence-corrected chi connectivity index (χ2v) is 16.8. The minimum absolute atomic E-state index is 0.0507. The number of likely N-dealkylation sites (N-methyl/N-ethyl adjacent to an activating group) is 1. The zero-order valence-corrected chi connectivity index (χ0v) is 37.8. The van der Waals surface area contributed by atoms with Crippen LogP contribution < -0.4 is 4.89 Å². The largest absolute Gasteiger partial charge is 0.756 e. The van der Waals surface area contributed by atoms with E-state index in [2.05, 4.69) is 98.9 Å². The van der Waals surface area contributed by atoms with Gasteiger partial charge in [-0.15, -0.1) is 0 Å². The van der Waals surface area contributed by atoms with Crippen LogP contribution in [0.5, 0.6) is 0 Å². The van der Waals surface area contributed by atoms with E-state index >= 15 is 0 Å². The highest BCUT2D eigenvalue weighted by Crippen LogP contribution is 2.38. The zero-order chi connectivity index (χ0) is 42.8. The lowest BCUT2D eigenvalue weighted by atomic mass is 10.1. The summed E-state index contributed by atoms with van der Waals surface area (Å²) in [5, 5.41) is 0. The Kier molecular flexibility index (Phi) is 37.3. The topological polar surface area (TPSA) is 111 Å². The summed E-state index contributed by atoms with van der Waals surface area (Å²) in [5.41, 5.74) is 0. The predicted octanol–water partition coefficient (Wildman–Crippen LogP) is 11.9. The van der Waals surface area contributed by atoms with E-state index < -0.39 is 32.5 Å². The van der Waals surface area contributed by atoms with Gasteiger partial charge in [-0.2, -0.15) is 0 Å². The van der Waals surface area contributed by atoms with Crippen molar-refractivity contribution in [3.63, 3.8) is 0 Å². The minimum atomic E-state index is -4.65. The molecule has 0 aromatic carbocycles. The molecule has 10 heteroatoms. The van der Waals surface area contributed by atoms with Gasteiger partial charge in [0.05, 0.1) is 27.7 Å². The molecule has 0 aliphatic carbocycles. The Labute approximate surface area is 353 Å². The van der Waals surface area contributed by atoms with Crippen molar-refractivity contribution >= 4 is 19.8 Å². The molecule has 0 spiro atoms. The van der Waals surface area contributed by atoms with E-state index in [0.29, 0.717) is 23.9 Å². The summed E-state index contributed by atoms with van der Waals surface area (Å²) in [5.74, 6) is -0.961. The van der Waals surface area contributed by atoms with Crippen LogP contribution in [0.4, 0.5) is 0 Å². The van der Waals surface area contributed by atoms with Crippen molar-refractivity contribution in [2.75, 3.05) is 47.5 Å². The maximum absolute atomic E-state index is 12.7. The highest BCUT2D eigenvalue weighted by atomic mass is 31.2. The van der Waals surface area contributed by atoms with Crippen molar-refractivity contribution in [3.05, 3.63) is 97.2 Å². The molecule has 0 amide bonds. The van der Waals surface area contributed by atoms with Gasteiger partial charge >= 0.3 is 11.9 Å². The van der Waals surface area contributed by atoms with Gasteiger partial charge in [0.1, 0.15) is 19.8 Å². The molecule has 0 radical (unpaired) electrons. The molecule has 0 aromatic heterocycles. The lowest BCUT2D eigenvalue weighted by Gasteiger charge is -2.28. The minimum Gasteiger partial charge on any atom is -0.756 e. The Hall–Kier alpha value is -3.07. The zero-order valence-electron chi connectivity index (χ0n) is 36.9. The number of esters is 2. The first-order valence-electron chi connectivity index (χ1n) is 22.0. The molecule has 0 aliphatic rings. The van der Waals surface area contributed by atoms with Crippen molar-refractivity contribution in [2.45, 2.75) is 148 Å². The van der Waals surface area contributed by atoms with Crippen molar-refractivity contribution in [1.29, 1.82) is 0 Å². The number of unbranched alkanes of at least 4 members (excludes halogenated alkanes) is 9. The number of hydrogen-bond donors (Lipinski definition) is 0. The van der Waals surface area contributed by atoms with Crippen LogP contribution in [0.25, 0.3) is 0 Å². The second-order valence-electron chi connectivity index (χ2n) is 15.4. The van der Waals surface area contributed by atoms with Gasteiger partial charge in [-0.05, 0) is 77.0 Å². The van der Waals surface area contributed by atoms with Crippen LogP contribution in [0.15, 0.2) is 97.2 Å². The fraction of sp³-hybridized carbons (Fsp3) is 0.625. The van der Waals surface area contributed by atoms with Crippen LogP contribution in [0.1, 0.15) is 142 Å². The third-order valence-electron chi connectivity index (χ3n) is 8.63. The number of ether oxygens (including phenoxy) is 2. The summed E-state index contributed by atoms with van der Waals surface area (Å²) in [6, 6.07) is 0. The molecule has 0 saturated heterocycles. The Morgan fingerprint density at radius 3 is 1.60 bits per heavy atom. The Morgan fingerprint density at radius 2 is 1.07 bits per heavy atom. The Morgan fingerprint density at radius 1 is 0.569 bits per heavy atom. The number of nitrogens with zero attached hydrogens (tertiary/aromatic N) is 1. The maximum atomic E-state index is 12.7. The van der Waals surface area contributed by atoms with E-state index in [-0.39, 0.29) is 26.1 Å². The van der Waals surface area contributed by atoms with Crippen LogP contribution in [-0.2, 0) is 32.7 Å². The quantitative estimate of drug-likeness (QED) is 0.0151. The lowest BCUT2D eigenvalue weighted by molar-refractivity contribution is -0.870. The van der Waals surface area contributed by atoms with Gasteiger partial charge in [-0.1, -0.05) is 150 Å². The molecular weight excluding hydrogens is 750 g/mol. The molecule has 0 bridgehead atoms. The first kappa shape index (κ1) is 54.9. The highest BCUT2D eigenvalue weighted by molar-refractivity contribution is 7.45. The smallest absolute Gasteiger partial charge is 0.306 e. The molecular formula is C48H80NO8P. The fourth-order valence-corrected chi connectivity index (χ4v) is 5.93. The van der Waals surface area contributed by atoms with Gasteiger partial charge in [0.2, 0.25) is 0 Å². The van der Waals surface area contributed by atoms with Gasteiger partial charge < -0.3 is 27.9 Å². The van der Waals surface area contributed by atoms with E-state index in [1.165, 1.54) is 25.7 Å². The second kappa shape index (κ2) is 39.4. The normalized spacial score (nSPS) is 14.5. The maximum Gasteiger partial charge on any atom is 0.306 e. The molecule has 0 heterocycles. The number of hydrogen-bond acceptors (Lipinski definition) is 8. The van der Waals surface area contributed by atoms with Crippen LogP contribution in [0.2, 0.25) is 0 Å². The molecule has 330 valence electrons. The summed E-state index contributed by atoms with van der Waals surface area (Å²) in [4.78, 5) is 37.5. The van der Waals surface area contributed by atoms with E-state index in [0.717, 1.165) is 77.0 Å². The van der Waals surface area contributed by atoms with Crippen LogP contribution in [-0.4, -0.2) is 70.0 Å². The number of quaternary nitrogens is 1. The van der Waals surface area contributed by atoms with E-state index in [9.17, 15) is 19.0 Å². The number of allylic oxidation sites excluding steroid dienone is 16. The van der Waals surface area contributed by atoms with Gasteiger partial charge in [0.15, 0.2) is 6.10 Å². The predicted molar refractivity (Wildman–Crippen MR) is 240 cm³/mol. The fourth-order valence-electron chi connectivity index (χ4n) is 5.20. The number of phosphoric acid groups is 1. The third-order valence-corrected chi connectivity index (χ3v) is 9.59. The van der Waals surface area contributed by atoms with Crippen molar-refractivity contribution in [2.24, 2.45) is 0 Å². The molecule has 0 fully saturated rings. The van der Waals surface area contributed by atoms with Crippen molar-refractivity contribution in [3.8, 4) is 0 Å². The van der Waals surface area contributed by atoms with Gasteiger partial charge in [-0.25, -0.2) is 0 Å². The SMILES string of the molecule is CC/C=C/C/C=C/C/C=C/C/C=C/C/C=C/C/C=C/CCC(=O)OC[C@H](COP(=O)([O-])OCC[N+](C)(C)C)OC(=O)CCCCCCC/C=C/C=C/CCCCCC. The van der Waals surface area contributed by atoms with Gasteiger partial charge in [0, 0.05) is 12.8 Å². The summed E-state index contributed by atoms with van der Waals surface area (Å²) < 4.78 is 33.8. The van der Waals surface area contributed by atoms with Crippen LogP contribution in [0, 0.1) is 0 Å². The number of carbonyl (C=O) groups excluding carboxylic acids is 2. The average molecular weight is 830 g/mol. The molecule has 0 saturated carbocycles. The van der Waals surface area contributed by atoms with Gasteiger partial charge in [0.25, 0.3) is 7.82 Å². The summed E-state index contributed by atoms with van der Waals surface area (Å²) in [6.45, 7) is 3.96. The first-order chi connectivity index (χ1) is 28.0. The van der Waals surface area contributed by atoms with E-state index in [1.54, 1.807) is 0 Å². The molecule has 0 N–H and O–H groups in total. The Bertz CT molecular complexity index is 1300. The molecule has 0 rings (SSSR count). The molecule has 0 aliphatic heterocycles. The summed E-state index contributed by atoms with van der Waals surface area (Å²) in [6.07, 6.45) is 51.6. The standard InChI is InChI=1S/C48H80NO8P/c1-6-8-10-12-14-16-18-20-22-23-24-25-27-28-30-32-34-36-38-40-47(50)54-44-46(45-56-58(52,53)55-43-42-49(3,4)5)57-48(51)41-39-37-35-33-31-29-26-21-19-17-15-13-11-9-7-2/h8,10,14,16-17,19-22,24-26,28,30,34,36,46H,6-7,9,11-13,15,18,23,27,29,31-33,35,37-45H2,1-5H3/b10-8+,16-14+,19-17+,22-20+,25-24+,26-21+,30-28+,36-34+/t46-/m1/s1. The van der Waals surface area contributed by atoms with Crippen molar-refractivity contribution < 1.29 is 42.1 Å². The van der Waals surface area contributed by atoms with Crippen LogP contribution >= 0.6 is 7.82 Å². The summed E-state index contributed by atoms with van der Waals surface area (Å²) in [7, 11) is 1.10. The van der Waals surface area contributed by atoms with E-state index in [1.807, 2.05) is 33.3 Å². The van der Waals surface area contributed by atoms with E-state index in [4.69, 9.17) is 18.5 Å². The number of phosphoric ester groups is 1. The molecule has 1 unspecified atom stereocenters. The average Bonchev–Trinajstić information content (AvgIpc) is 3.17. The summed E-state index contributed by atoms with van der Waals surface area (Å²) >= 11 is 0. The number of rotatable bonds is 38. The molecule has 9 nitrogen and oxygen atoms in total. The number of carbonyl (C=O) groups is 2. The highest BCUT2D eigenvalue weighted by Gasteiger charge is 2.21. The first-order valence-corrected chi connectivity index (χ1v) is 23.4. The van der Waals surface area contributed by atoms with Gasteiger partial charge in [-0.3, -0.25) is 14.2 Å². The lowest BCUT2D eigenvalue weighted by Crippen LogP contribution is -2.37. The molecule has 0 aromatic rings. The molecule has 2 atom stereocenters. The third kappa shape index (κ3) is 42.5. The van der Waals surface area contributed by atoms with Crippen LogP contribution in [0.3, 0.4) is 0 Å². The monoisotopic (exact) mass is 830 g/mol. The Balaban J connectivity index is 4.53. The van der Waals surface area contributed by atoms with Crippen molar-refractivity contribution in [1.82, 2.24) is 0 Å². The molecule has 58 heavy (non-hydrogen) atoms.